The summed E-state index contributed by atoms with van der Waals surface area (Å²) in [6.07, 6.45) is -0.0416. The fraction of sp³-hybridized carbons (Fsp3) is 0.240. The fourth-order valence-electron chi connectivity index (χ4n) is 5.16. The van der Waals surface area contributed by atoms with Crippen molar-refractivity contribution in [3.63, 3.8) is 0 Å². The number of para-hydroxylation sites is 1. The van der Waals surface area contributed by atoms with Crippen LogP contribution in [0.4, 0.5) is 5.69 Å². The maximum Gasteiger partial charge on any atom is 0.325 e. The van der Waals surface area contributed by atoms with Gasteiger partial charge in [-0.1, -0.05) is 41.9 Å². The smallest absolute Gasteiger partial charge is 0.325 e. The average molecular weight is 497 g/mol. The molecule has 0 spiro atoms. The number of halogens is 1. The maximum absolute atomic E-state index is 13.8. The first-order valence-corrected chi connectivity index (χ1v) is 11.9. The van der Waals surface area contributed by atoms with Gasteiger partial charge in [0.15, 0.2) is 0 Å². The van der Waals surface area contributed by atoms with E-state index in [-0.39, 0.29) is 12.2 Å². The molecule has 5 rings (SSSR count). The summed E-state index contributed by atoms with van der Waals surface area (Å²) in [5.41, 5.74) is 0.0874. The van der Waals surface area contributed by atoms with E-state index in [9.17, 15) is 24.6 Å². The number of hydrogen-bond donors (Lipinski definition) is 3. The minimum absolute atomic E-state index is 0.0416. The molecule has 2 fully saturated rings. The molecule has 174 valence electrons. The highest BCUT2D eigenvalue weighted by atomic mass is 35.5. The summed E-state index contributed by atoms with van der Waals surface area (Å²) in [7, 11) is 0. The average Bonchev–Trinajstić information content (AvgIpc) is 3.45. The predicted molar refractivity (Wildman–Crippen MR) is 128 cm³/mol. The topological polar surface area (TPSA) is 107 Å². The lowest BCUT2D eigenvalue weighted by Crippen LogP contribution is -2.57. The van der Waals surface area contributed by atoms with Crippen molar-refractivity contribution in [3.05, 3.63) is 81.0 Å². The van der Waals surface area contributed by atoms with Gasteiger partial charge in [0.25, 0.3) is 0 Å². The SMILES string of the molecule is Cc1ccccc1N1C(=O)C2C(c3ccc(Cl)s3)NC(Cc3ccc(O)cc3)(C(=O)O)C2C1=O. The number of benzene rings is 2. The minimum Gasteiger partial charge on any atom is -0.508 e. The summed E-state index contributed by atoms with van der Waals surface area (Å²) in [6.45, 7) is 1.81. The van der Waals surface area contributed by atoms with Crippen molar-refractivity contribution in [2.75, 3.05) is 4.90 Å². The van der Waals surface area contributed by atoms with E-state index in [0.717, 1.165) is 10.5 Å². The number of aromatic hydroxyl groups is 1. The van der Waals surface area contributed by atoms with Crippen LogP contribution < -0.4 is 10.2 Å². The van der Waals surface area contributed by atoms with E-state index in [1.54, 1.807) is 49.4 Å². The van der Waals surface area contributed by atoms with Gasteiger partial charge in [0.2, 0.25) is 11.8 Å². The van der Waals surface area contributed by atoms with Crippen LogP contribution in [-0.2, 0) is 20.8 Å². The Morgan fingerprint density at radius 3 is 2.41 bits per heavy atom. The van der Waals surface area contributed by atoms with Gasteiger partial charge in [-0.15, -0.1) is 11.3 Å². The van der Waals surface area contributed by atoms with Crippen molar-refractivity contribution in [1.82, 2.24) is 5.32 Å². The number of hydrogen-bond acceptors (Lipinski definition) is 6. The third-order valence-electron chi connectivity index (χ3n) is 6.71. The highest BCUT2D eigenvalue weighted by Gasteiger charge is 2.68. The second-order valence-electron chi connectivity index (χ2n) is 8.69. The first-order valence-electron chi connectivity index (χ1n) is 10.7. The molecule has 0 saturated carbocycles. The number of aryl methyl sites for hydroxylation is 1. The van der Waals surface area contributed by atoms with E-state index in [1.807, 2.05) is 6.07 Å². The molecule has 3 N–H and O–H groups in total. The number of carboxylic acid groups (broad SMARTS) is 1. The number of phenolic OH excluding ortho intramolecular Hbond substituents is 1. The molecular weight excluding hydrogens is 476 g/mol. The molecule has 1 aromatic heterocycles. The van der Waals surface area contributed by atoms with Crippen molar-refractivity contribution in [1.29, 1.82) is 0 Å². The van der Waals surface area contributed by atoms with Crippen molar-refractivity contribution >= 4 is 46.4 Å². The van der Waals surface area contributed by atoms with Crippen LogP contribution in [0.15, 0.2) is 60.7 Å². The summed E-state index contributed by atoms with van der Waals surface area (Å²) >= 11 is 7.41. The molecule has 4 atom stereocenters. The third-order valence-corrected chi connectivity index (χ3v) is 8.03. The van der Waals surface area contributed by atoms with Gasteiger partial charge in [0.05, 0.1) is 27.9 Å². The lowest BCUT2D eigenvalue weighted by Gasteiger charge is -2.31. The van der Waals surface area contributed by atoms with Gasteiger partial charge in [-0.05, 0) is 48.4 Å². The van der Waals surface area contributed by atoms with Gasteiger partial charge in [-0.3, -0.25) is 19.7 Å². The van der Waals surface area contributed by atoms with Gasteiger partial charge in [-0.25, -0.2) is 4.90 Å². The van der Waals surface area contributed by atoms with Gasteiger partial charge in [0.1, 0.15) is 11.3 Å². The molecule has 34 heavy (non-hydrogen) atoms. The second kappa shape index (κ2) is 8.23. The number of thiophene rings is 1. The Bertz CT molecular complexity index is 1310. The summed E-state index contributed by atoms with van der Waals surface area (Å²) in [5.74, 6) is -4.17. The second-order valence-corrected chi connectivity index (χ2v) is 10.4. The van der Waals surface area contributed by atoms with Crippen molar-refractivity contribution < 1.29 is 24.6 Å². The van der Waals surface area contributed by atoms with Crippen molar-refractivity contribution in [3.8, 4) is 5.75 Å². The highest BCUT2D eigenvalue weighted by molar-refractivity contribution is 7.16. The number of nitrogens with one attached hydrogen (secondary N) is 1. The molecule has 7 nitrogen and oxygen atoms in total. The van der Waals surface area contributed by atoms with Gasteiger partial charge in [-0.2, -0.15) is 0 Å². The van der Waals surface area contributed by atoms with Crippen LogP contribution in [0.5, 0.6) is 5.75 Å². The van der Waals surface area contributed by atoms with E-state index < -0.39 is 41.2 Å². The van der Waals surface area contributed by atoms with E-state index in [4.69, 9.17) is 11.6 Å². The zero-order chi connectivity index (χ0) is 24.2. The summed E-state index contributed by atoms with van der Waals surface area (Å²) in [5, 5.41) is 23.3. The first kappa shape index (κ1) is 22.6. The Labute approximate surface area is 204 Å². The molecule has 2 aliphatic heterocycles. The van der Waals surface area contributed by atoms with Gasteiger partial charge < -0.3 is 10.2 Å². The molecule has 2 aliphatic rings. The molecule has 0 bridgehead atoms. The van der Waals surface area contributed by atoms with Crippen molar-refractivity contribution in [2.45, 2.75) is 24.9 Å². The van der Waals surface area contributed by atoms with Crippen LogP contribution in [0.2, 0.25) is 4.34 Å². The van der Waals surface area contributed by atoms with Crippen LogP contribution in [-0.4, -0.2) is 33.5 Å². The van der Waals surface area contributed by atoms with E-state index in [2.05, 4.69) is 5.32 Å². The van der Waals surface area contributed by atoms with Crippen molar-refractivity contribution in [2.24, 2.45) is 11.8 Å². The standard InChI is InChI=1S/C25H21ClN2O5S/c1-13-4-2-3-5-16(13)28-22(30)19-20(23(28)31)25(24(32)33,12-14-6-8-15(29)9-7-14)27-21(19)17-10-11-18(26)34-17/h2-11,19-21,27,29H,12H2,1H3,(H,32,33). The van der Waals surface area contributed by atoms with Crippen LogP contribution in [0.3, 0.4) is 0 Å². The Hall–Kier alpha value is -3.20. The minimum atomic E-state index is -1.73. The number of nitrogens with zero attached hydrogens (tertiary/aromatic N) is 1. The molecule has 4 unspecified atom stereocenters. The Kier molecular flexibility index (Phi) is 5.47. The van der Waals surface area contributed by atoms with E-state index >= 15 is 0 Å². The molecule has 2 aromatic carbocycles. The molecular formula is C25H21ClN2O5S. The number of imide groups is 1. The first-order chi connectivity index (χ1) is 16.2. The van der Waals surface area contributed by atoms with Crippen LogP contribution in [0, 0.1) is 18.8 Å². The number of phenols is 1. The van der Waals surface area contributed by atoms with Gasteiger partial charge in [0, 0.05) is 11.3 Å². The lowest BCUT2D eigenvalue weighted by molar-refractivity contribution is -0.148. The van der Waals surface area contributed by atoms with E-state index in [1.165, 1.54) is 23.5 Å². The molecule has 9 heteroatoms. The highest BCUT2D eigenvalue weighted by Crippen LogP contribution is 2.52. The predicted octanol–water partition coefficient (Wildman–Crippen LogP) is 3.93. The number of anilines is 1. The monoisotopic (exact) mass is 496 g/mol. The Morgan fingerprint density at radius 1 is 1.09 bits per heavy atom. The molecule has 0 aliphatic carbocycles. The quantitative estimate of drug-likeness (QED) is 0.462. The summed E-state index contributed by atoms with van der Waals surface area (Å²) in [4.78, 5) is 42.3. The lowest BCUT2D eigenvalue weighted by atomic mass is 9.76. The number of aliphatic carboxylic acids is 1. The van der Waals surface area contributed by atoms with Gasteiger partial charge >= 0.3 is 5.97 Å². The molecule has 0 radical (unpaired) electrons. The van der Waals surface area contributed by atoms with E-state index in [0.29, 0.717) is 20.5 Å². The Morgan fingerprint density at radius 2 is 1.79 bits per heavy atom. The third kappa shape index (κ3) is 3.41. The van der Waals surface area contributed by atoms with Crippen LogP contribution in [0.1, 0.15) is 22.0 Å². The zero-order valence-corrected chi connectivity index (χ0v) is 19.6. The number of rotatable bonds is 5. The molecule has 2 saturated heterocycles. The number of carbonyl (C=O) groups is 3. The zero-order valence-electron chi connectivity index (χ0n) is 18.1. The van der Waals surface area contributed by atoms with Crippen LogP contribution in [0.25, 0.3) is 0 Å². The normalized spacial score (nSPS) is 26.2. The molecule has 3 aromatic rings. The number of carbonyl (C=O) groups excluding carboxylic acids is 2. The number of fused-ring (bicyclic) bond motifs is 1. The fourth-order valence-corrected chi connectivity index (χ4v) is 6.32. The van der Waals surface area contributed by atoms with Crippen LogP contribution >= 0.6 is 22.9 Å². The maximum atomic E-state index is 13.8. The Balaban J connectivity index is 1.66. The molecule has 3 heterocycles. The summed E-state index contributed by atoms with van der Waals surface area (Å²) < 4.78 is 0.507. The number of amides is 2. The summed E-state index contributed by atoms with van der Waals surface area (Å²) in [6, 6.07) is 16.0. The number of carboxylic acids is 1. The largest absolute Gasteiger partial charge is 0.508 e. The molecule has 2 amide bonds.